The molecule has 0 unspecified atom stereocenters. The normalized spacial score (nSPS) is 12.6. The van der Waals surface area contributed by atoms with Gasteiger partial charge in [0.1, 0.15) is 22.4 Å². The zero-order valence-corrected chi connectivity index (χ0v) is 17.5. The maximum absolute atomic E-state index is 13.1. The monoisotopic (exact) mass is 432 g/mol. The Hall–Kier alpha value is -3.28. The summed E-state index contributed by atoms with van der Waals surface area (Å²) in [6, 6.07) is 11.9. The van der Waals surface area contributed by atoms with Crippen LogP contribution in [0.1, 0.15) is 22.4 Å². The van der Waals surface area contributed by atoms with Gasteiger partial charge in [0.15, 0.2) is 0 Å². The van der Waals surface area contributed by atoms with Crippen molar-refractivity contribution in [3.8, 4) is 17.2 Å². The Bertz CT molecular complexity index is 1380. The molecule has 1 aliphatic rings. The van der Waals surface area contributed by atoms with Crippen molar-refractivity contribution in [3.05, 3.63) is 68.4 Å². The van der Waals surface area contributed by atoms with Crippen LogP contribution in [-0.4, -0.2) is 15.5 Å². The summed E-state index contributed by atoms with van der Waals surface area (Å²) < 4.78 is 1.32. The number of aryl methyl sites for hydroxylation is 1. The molecule has 0 fully saturated rings. The van der Waals surface area contributed by atoms with Crippen LogP contribution >= 0.6 is 22.7 Å². The molecule has 30 heavy (non-hydrogen) atoms. The molecule has 0 saturated heterocycles. The Morgan fingerprint density at radius 3 is 2.90 bits per heavy atom. The minimum Gasteiger partial charge on any atom is -0.315 e. The maximum atomic E-state index is 13.1. The number of amides is 1. The predicted molar refractivity (Wildman–Crippen MR) is 119 cm³/mol. The molecular formula is C22H16N4O2S2. The van der Waals surface area contributed by atoms with E-state index in [0.717, 1.165) is 36.0 Å². The van der Waals surface area contributed by atoms with Gasteiger partial charge in [0.05, 0.1) is 17.3 Å². The van der Waals surface area contributed by atoms with E-state index in [1.807, 2.05) is 35.7 Å². The zero-order valence-electron chi connectivity index (χ0n) is 15.8. The fourth-order valence-electron chi connectivity index (χ4n) is 3.84. The van der Waals surface area contributed by atoms with Gasteiger partial charge in [-0.3, -0.25) is 14.2 Å². The third-order valence-electron chi connectivity index (χ3n) is 5.25. The highest BCUT2D eigenvalue weighted by molar-refractivity contribution is 7.17. The molecule has 0 atom stereocenters. The highest BCUT2D eigenvalue weighted by atomic mass is 32.1. The fourth-order valence-corrected chi connectivity index (χ4v) is 6.00. The van der Waals surface area contributed by atoms with Crippen LogP contribution in [0.15, 0.2) is 46.8 Å². The lowest BCUT2D eigenvalue weighted by Crippen LogP contribution is -2.27. The van der Waals surface area contributed by atoms with E-state index in [1.165, 1.54) is 38.4 Å². The number of aromatic nitrogens is 2. The minimum absolute atomic E-state index is 0.153. The number of thiophene rings is 2. The first kappa shape index (κ1) is 18.7. The smallest absolute Gasteiger partial charge is 0.263 e. The second kappa shape index (κ2) is 7.52. The molecule has 0 bridgehead atoms. The van der Waals surface area contributed by atoms with Crippen molar-refractivity contribution in [2.24, 2.45) is 0 Å². The molecule has 1 N–H and O–H groups in total. The lowest BCUT2D eigenvalue weighted by molar-refractivity contribution is -0.116. The lowest BCUT2D eigenvalue weighted by atomic mass is 10.1. The molecule has 5 rings (SSSR count). The first-order chi connectivity index (χ1) is 14.7. The largest absolute Gasteiger partial charge is 0.315 e. The van der Waals surface area contributed by atoms with Crippen LogP contribution in [0.5, 0.6) is 0 Å². The first-order valence-corrected chi connectivity index (χ1v) is 11.2. The molecule has 3 aromatic heterocycles. The highest BCUT2D eigenvalue weighted by Gasteiger charge is 2.23. The van der Waals surface area contributed by atoms with E-state index >= 15 is 0 Å². The molecule has 0 spiro atoms. The van der Waals surface area contributed by atoms with E-state index < -0.39 is 0 Å². The maximum Gasteiger partial charge on any atom is 0.263 e. The van der Waals surface area contributed by atoms with Gasteiger partial charge in [0.2, 0.25) is 5.91 Å². The third kappa shape index (κ3) is 3.12. The van der Waals surface area contributed by atoms with Crippen LogP contribution in [0.2, 0.25) is 0 Å². The van der Waals surface area contributed by atoms with Crippen LogP contribution in [-0.2, 0) is 24.2 Å². The number of rotatable bonds is 4. The van der Waals surface area contributed by atoms with Crippen LogP contribution in [0, 0.1) is 11.3 Å². The average Bonchev–Trinajstić information content (AvgIpc) is 3.45. The van der Waals surface area contributed by atoms with Gasteiger partial charge < -0.3 is 5.32 Å². The number of nitrogens with zero attached hydrogens (tertiary/aromatic N) is 3. The Kier molecular flexibility index (Phi) is 4.69. The molecular weight excluding hydrogens is 416 g/mol. The molecule has 0 aliphatic heterocycles. The summed E-state index contributed by atoms with van der Waals surface area (Å²) in [7, 11) is 0. The van der Waals surface area contributed by atoms with Crippen molar-refractivity contribution in [2.45, 2.75) is 25.8 Å². The summed E-state index contributed by atoms with van der Waals surface area (Å²) in [5, 5.41) is 15.3. The van der Waals surface area contributed by atoms with Gasteiger partial charge in [-0.2, -0.15) is 5.26 Å². The summed E-state index contributed by atoms with van der Waals surface area (Å²) in [5.41, 5.74) is 3.14. The number of nitrogens with one attached hydrogen (secondary N) is 1. The van der Waals surface area contributed by atoms with E-state index in [9.17, 15) is 14.9 Å². The molecule has 8 heteroatoms. The molecule has 1 amide bonds. The van der Waals surface area contributed by atoms with Crippen LogP contribution in [0.4, 0.5) is 5.00 Å². The number of hydrogen-bond donors (Lipinski definition) is 1. The second-order valence-electron chi connectivity index (χ2n) is 7.09. The Labute approximate surface area is 180 Å². The second-order valence-corrected chi connectivity index (χ2v) is 9.06. The highest BCUT2D eigenvalue weighted by Crippen LogP contribution is 2.38. The lowest BCUT2D eigenvalue weighted by Gasteiger charge is -2.07. The topological polar surface area (TPSA) is 87.8 Å². The number of anilines is 1. The van der Waals surface area contributed by atoms with Crippen molar-refractivity contribution in [1.82, 2.24) is 9.55 Å². The summed E-state index contributed by atoms with van der Waals surface area (Å²) >= 11 is 2.88. The van der Waals surface area contributed by atoms with Crippen LogP contribution in [0.25, 0.3) is 21.3 Å². The number of nitriles is 1. The van der Waals surface area contributed by atoms with Gasteiger partial charge in [-0.15, -0.1) is 22.7 Å². The van der Waals surface area contributed by atoms with Gasteiger partial charge in [-0.05, 0) is 30.4 Å². The number of hydrogen-bond acceptors (Lipinski definition) is 6. The van der Waals surface area contributed by atoms with Crippen molar-refractivity contribution in [1.29, 1.82) is 5.26 Å². The molecule has 3 heterocycles. The van der Waals surface area contributed by atoms with Gasteiger partial charge in [0.25, 0.3) is 5.56 Å². The molecule has 4 aromatic rings. The summed E-state index contributed by atoms with van der Waals surface area (Å²) in [6.45, 7) is -0.153. The summed E-state index contributed by atoms with van der Waals surface area (Å²) in [4.78, 5) is 32.0. The van der Waals surface area contributed by atoms with Crippen LogP contribution in [0.3, 0.4) is 0 Å². The molecule has 0 saturated carbocycles. The number of carbonyl (C=O) groups is 1. The van der Waals surface area contributed by atoms with Crippen molar-refractivity contribution >= 4 is 43.8 Å². The molecule has 1 aliphatic carbocycles. The first-order valence-electron chi connectivity index (χ1n) is 9.52. The number of carbonyl (C=O) groups excluding carboxylic acids is 1. The fraction of sp³-hybridized carbons (Fsp3) is 0.182. The van der Waals surface area contributed by atoms with Crippen molar-refractivity contribution < 1.29 is 4.79 Å². The molecule has 6 nitrogen and oxygen atoms in total. The minimum atomic E-state index is -0.342. The van der Waals surface area contributed by atoms with Crippen molar-refractivity contribution in [2.75, 3.05) is 5.32 Å². The Morgan fingerprint density at radius 1 is 1.27 bits per heavy atom. The van der Waals surface area contributed by atoms with Crippen molar-refractivity contribution in [3.63, 3.8) is 0 Å². The van der Waals surface area contributed by atoms with Gasteiger partial charge >= 0.3 is 0 Å². The Morgan fingerprint density at radius 2 is 2.10 bits per heavy atom. The molecule has 148 valence electrons. The third-order valence-corrected chi connectivity index (χ3v) is 7.34. The standard InChI is InChI=1S/C22H16N4O2S2/c23-9-15-14-7-4-8-17(14)30-20(15)25-18(27)10-26-12-24-21-19(22(26)28)16(11-29-21)13-5-2-1-3-6-13/h1-3,5-6,11-12H,4,7-8,10H2,(H,25,27). The number of fused-ring (bicyclic) bond motifs is 2. The van der Waals surface area contributed by atoms with Gasteiger partial charge in [0, 0.05) is 15.8 Å². The molecule has 0 radical (unpaired) electrons. The number of benzene rings is 1. The SMILES string of the molecule is N#Cc1c(NC(=O)Cn2cnc3scc(-c4ccccc4)c3c2=O)sc2c1CCC2. The van der Waals surface area contributed by atoms with Gasteiger partial charge in [-0.1, -0.05) is 30.3 Å². The Balaban J connectivity index is 1.45. The molecule has 1 aromatic carbocycles. The zero-order chi connectivity index (χ0) is 20.7. The van der Waals surface area contributed by atoms with E-state index in [1.54, 1.807) is 0 Å². The predicted octanol–water partition coefficient (Wildman–Crippen LogP) is 4.19. The van der Waals surface area contributed by atoms with E-state index in [0.29, 0.717) is 20.8 Å². The summed E-state index contributed by atoms with van der Waals surface area (Å²) in [5.74, 6) is -0.342. The van der Waals surface area contributed by atoms with Crippen LogP contribution < -0.4 is 10.9 Å². The van der Waals surface area contributed by atoms with E-state index in [-0.39, 0.29) is 18.0 Å². The average molecular weight is 433 g/mol. The quantitative estimate of drug-likeness (QED) is 0.524. The van der Waals surface area contributed by atoms with E-state index in [2.05, 4.69) is 16.4 Å². The van der Waals surface area contributed by atoms with E-state index in [4.69, 9.17) is 0 Å². The van der Waals surface area contributed by atoms with Gasteiger partial charge in [-0.25, -0.2) is 4.98 Å². The summed E-state index contributed by atoms with van der Waals surface area (Å²) in [6.07, 6.45) is 4.29.